The molecule has 2 aromatic carbocycles. The van der Waals surface area contributed by atoms with Crippen LogP contribution < -0.4 is 0 Å². The lowest BCUT2D eigenvalue weighted by atomic mass is 9.88. The van der Waals surface area contributed by atoms with Crippen molar-refractivity contribution < 1.29 is 0 Å². The van der Waals surface area contributed by atoms with E-state index in [-0.39, 0.29) is 5.41 Å². The van der Waals surface area contributed by atoms with E-state index >= 15 is 0 Å². The van der Waals surface area contributed by atoms with Gasteiger partial charge in [-0.25, -0.2) is 4.98 Å². The van der Waals surface area contributed by atoms with Crippen molar-refractivity contribution >= 4 is 16.7 Å². The first-order chi connectivity index (χ1) is 13.8. The zero-order valence-electron chi connectivity index (χ0n) is 17.7. The molecule has 5 aromatic rings. The summed E-state index contributed by atoms with van der Waals surface area (Å²) in [6, 6.07) is 24.3. The Labute approximate surface area is 172 Å². The average Bonchev–Trinajstić information content (AvgIpc) is 3.23. The second-order valence-electron chi connectivity index (χ2n) is 9.15. The number of rotatable bonds is 2. The van der Waals surface area contributed by atoms with E-state index in [1.165, 1.54) is 44.4 Å². The van der Waals surface area contributed by atoms with E-state index in [4.69, 9.17) is 4.98 Å². The maximum atomic E-state index is 5.06. The van der Waals surface area contributed by atoms with Gasteiger partial charge in [0.15, 0.2) is 0 Å². The molecule has 0 spiro atoms. The second-order valence-corrected chi connectivity index (χ2v) is 9.15. The number of aromatic nitrogens is 2. The molecule has 0 bridgehead atoms. The molecule has 0 radical (unpaired) electrons. The zero-order chi connectivity index (χ0) is 20.3. The van der Waals surface area contributed by atoms with E-state index in [2.05, 4.69) is 106 Å². The molecule has 3 heterocycles. The number of benzene rings is 2. The summed E-state index contributed by atoms with van der Waals surface area (Å²) in [5.41, 5.74) is 12.2. The van der Waals surface area contributed by atoms with E-state index in [1.807, 2.05) is 0 Å². The number of aryl methyl sites for hydroxylation is 2. The van der Waals surface area contributed by atoms with Gasteiger partial charge in [-0.15, -0.1) is 0 Å². The smallest absolute Gasteiger partial charge is 0.138 e. The maximum absolute atomic E-state index is 5.06. The van der Waals surface area contributed by atoms with Crippen molar-refractivity contribution in [1.82, 2.24) is 9.38 Å². The van der Waals surface area contributed by atoms with Crippen LogP contribution in [0.2, 0.25) is 0 Å². The largest absolute Gasteiger partial charge is 0.292 e. The lowest BCUT2D eigenvalue weighted by molar-refractivity contribution is 0.579. The van der Waals surface area contributed by atoms with Crippen LogP contribution in [-0.4, -0.2) is 9.38 Å². The summed E-state index contributed by atoms with van der Waals surface area (Å²) in [7, 11) is 0. The number of hydrogen-bond donors (Lipinski definition) is 0. The van der Waals surface area contributed by atoms with Crippen molar-refractivity contribution in [3.63, 3.8) is 0 Å². The highest BCUT2D eigenvalue weighted by Gasteiger charge is 2.29. The Hall–Kier alpha value is -3.13. The molecule has 0 aliphatic heterocycles. The van der Waals surface area contributed by atoms with E-state index in [9.17, 15) is 0 Å². The van der Waals surface area contributed by atoms with Crippen molar-refractivity contribution in [3.8, 4) is 22.3 Å². The molecule has 0 aliphatic carbocycles. The van der Waals surface area contributed by atoms with Gasteiger partial charge in [-0.1, -0.05) is 86.5 Å². The van der Waals surface area contributed by atoms with Gasteiger partial charge >= 0.3 is 0 Å². The average molecular weight is 379 g/mol. The van der Waals surface area contributed by atoms with Crippen molar-refractivity contribution in [2.45, 2.75) is 40.0 Å². The monoisotopic (exact) mass is 378 g/mol. The molecule has 0 atom stereocenters. The summed E-state index contributed by atoms with van der Waals surface area (Å²) < 4.78 is 2.35. The molecule has 0 saturated carbocycles. The Morgan fingerprint density at radius 1 is 0.690 bits per heavy atom. The number of nitrogens with zero attached hydrogens (tertiary/aromatic N) is 2. The zero-order valence-corrected chi connectivity index (χ0v) is 17.7. The van der Waals surface area contributed by atoms with Crippen molar-refractivity contribution in [3.05, 3.63) is 83.6 Å². The minimum Gasteiger partial charge on any atom is -0.292 e. The van der Waals surface area contributed by atoms with Crippen molar-refractivity contribution in [1.29, 1.82) is 0 Å². The first kappa shape index (κ1) is 17.9. The van der Waals surface area contributed by atoms with Crippen molar-refractivity contribution in [2.75, 3.05) is 0 Å². The molecule has 0 aliphatic rings. The minimum atomic E-state index is -0.0443. The number of pyridine rings is 1. The summed E-state index contributed by atoms with van der Waals surface area (Å²) in [5, 5.41) is 0. The maximum Gasteiger partial charge on any atom is 0.138 e. The lowest BCUT2D eigenvalue weighted by Gasteiger charge is -2.17. The van der Waals surface area contributed by atoms with E-state index < -0.39 is 0 Å². The molecular weight excluding hydrogens is 352 g/mol. The predicted octanol–water partition coefficient (Wildman–Crippen LogP) is 7.17. The molecule has 2 nitrogen and oxygen atoms in total. The van der Waals surface area contributed by atoms with Gasteiger partial charge in [-0.05, 0) is 37.1 Å². The molecule has 144 valence electrons. The molecule has 5 rings (SSSR count). The van der Waals surface area contributed by atoms with Crippen LogP contribution >= 0.6 is 0 Å². The third-order valence-corrected chi connectivity index (χ3v) is 5.78. The van der Waals surface area contributed by atoms with Gasteiger partial charge in [0.25, 0.3) is 0 Å². The molecule has 2 heteroatoms. The van der Waals surface area contributed by atoms with Gasteiger partial charge in [0.1, 0.15) is 5.65 Å². The Morgan fingerprint density at radius 2 is 1.24 bits per heavy atom. The fourth-order valence-corrected chi connectivity index (χ4v) is 4.30. The SMILES string of the molecule is Cc1ccc(-c2c(-c3ccc(C)cc3)c3c(C(C)(C)C)nc4cccc2n43)cc1. The van der Waals surface area contributed by atoms with E-state index in [0.717, 1.165) is 11.3 Å². The van der Waals surface area contributed by atoms with Crippen LogP contribution in [0.15, 0.2) is 66.7 Å². The molecular formula is C27H26N2. The van der Waals surface area contributed by atoms with Gasteiger partial charge < -0.3 is 0 Å². The van der Waals surface area contributed by atoms with Crippen LogP contribution in [0, 0.1) is 13.8 Å². The third-order valence-electron chi connectivity index (χ3n) is 5.78. The van der Waals surface area contributed by atoms with E-state index in [0.29, 0.717) is 0 Å². The van der Waals surface area contributed by atoms with Gasteiger partial charge in [-0.3, -0.25) is 4.40 Å². The van der Waals surface area contributed by atoms with Crippen LogP contribution in [0.5, 0.6) is 0 Å². The van der Waals surface area contributed by atoms with Gasteiger partial charge in [0.2, 0.25) is 0 Å². The fraction of sp³-hybridized carbons (Fsp3) is 0.222. The van der Waals surface area contributed by atoms with Crippen LogP contribution in [-0.2, 0) is 5.41 Å². The van der Waals surface area contributed by atoms with Crippen LogP contribution in [0.3, 0.4) is 0 Å². The minimum absolute atomic E-state index is 0.0443. The van der Waals surface area contributed by atoms with Crippen LogP contribution in [0.1, 0.15) is 37.6 Å². The highest BCUT2D eigenvalue weighted by Crippen LogP contribution is 2.45. The number of hydrogen-bond acceptors (Lipinski definition) is 1. The molecule has 0 fully saturated rings. The first-order valence-electron chi connectivity index (χ1n) is 10.3. The third kappa shape index (κ3) is 2.74. The summed E-state index contributed by atoms with van der Waals surface area (Å²) in [4.78, 5) is 5.06. The molecule has 0 unspecified atom stereocenters. The summed E-state index contributed by atoms with van der Waals surface area (Å²) in [6.07, 6.45) is 0. The van der Waals surface area contributed by atoms with Gasteiger partial charge in [-0.2, -0.15) is 0 Å². The first-order valence-corrected chi connectivity index (χ1v) is 10.3. The highest BCUT2D eigenvalue weighted by atomic mass is 15.0. The molecule has 0 saturated heterocycles. The van der Waals surface area contributed by atoms with Crippen LogP contribution in [0.25, 0.3) is 38.9 Å². The Bertz CT molecular complexity index is 1310. The normalized spacial score (nSPS) is 12.3. The molecule has 3 aromatic heterocycles. The standard InChI is InChI=1S/C27H26N2/c1-17-9-13-19(14-10-17)23-21-7-6-8-22-28-26(27(3,4)5)25(29(21)22)24(23)20-15-11-18(2)12-16-20/h6-16H,1-5H3. The quantitative estimate of drug-likeness (QED) is 0.318. The fourth-order valence-electron chi connectivity index (χ4n) is 4.30. The van der Waals surface area contributed by atoms with E-state index in [1.54, 1.807) is 0 Å². The van der Waals surface area contributed by atoms with Crippen molar-refractivity contribution in [2.24, 2.45) is 0 Å². The Kier molecular flexibility index (Phi) is 3.82. The van der Waals surface area contributed by atoms with Gasteiger partial charge in [0.05, 0.1) is 16.7 Å². The second kappa shape index (κ2) is 6.18. The molecule has 0 N–H and O–H groups in total. The molecule has 29 heavy (non-hydrogen) atoms. The summed E-state index contributed by atoms with van der Waals surface area (Å²) in [5.74, 6) is 0. The Balaban J connectivity index is 1.99. The number of imidazole rings is 1. The highest BCUT2D eigenvalue weighted by molar-refractivity contribution is 6.06. The topological polar surface area (TPSA) is 17.3 Å². The summed E-state index contributed by atoms with van der Waals surface area (Å²) in [6.45, 7) is 11.0. The summed E-state index contributed by atoms with van der Waals surface area (Å²) >= 11 is 0. The molecule has 0 amide bonds. The van der Waals surface area contributed by atoms with Gasteiger partial charge in [0, 0.05) is 16.5 Å². The Morgan fingerprint density at radius 3 is 1.79 bits per heavy atom. The lowest BCUT2D eigenvalue weighted by Crippen LogP contribution is -2.12. The predicted molar refractivity (Wildman–Crippen MR) is 123 cm³/mol. The van der Waals surface area contributed by atoms with Crippen LogP contribution in [0.4, 0.5) is 0 Å².